The summed E-state index contributed by atoms with van der Waals surface area (Å²) in [5.41, 5.74) is 7.33. The second-order valence-corrected chi connectivity index (χ2v) is 5.22. The van der Waals surface area contributed by atoms with Gasteiger partial charge in [0.05, 0.1) is 0 Å². The van der Waals surface area contributed by atoms with E-state index >= 15 is 0 Å². The lowest BCUT2D eigenvalue weighted by molar-refractivity contribution is 0.525. The molecule has 1 heterocycles. The maximum atomic E-state index is 6.08. The molecule has 3 heteroatoms. The molecule has 0 saturated carbocycles. The number of nitrogens with two attached hydrogens (primary N) is 1. The zero-order valence-electron chi connectivity index (χ0n) is 8.33. The number of hydrogen-bond donors (Lipinski definition) is 1. The summed E-state index contributed by atoms with van der Waals surface area (Å²) in [6, 6.07) is 8.40. The third-order valence-electron chi connectivity index (χ3n) is 2.70. The smallest absolute Gasteiger partial charge is 0.0367 e. The van der Waals surface area contributed by atoms with Crippen LogP contribution in [0.3, 0.4) is 0 Å². The number of hydrogen-bond acceptors (Lipinski definition) is 2. The van der Waals surface area contributed by atoms with Crippen LogP contribution in [0.2, 0.25) is 0 Å². The fourth-order valence-electron chi connectivity index (χ4n) is 1.86. The molecular weight excluding hydrogens is 240 g/mol. The van der Waals surface area contributed by atoms with Crippen LogP contribution in [0.15, 0.2) is 28.7 Å². The third-order valence-corrected chi connectivity index (χ3v) is 3.23. The van der Waals surface area contributed by atoms with Crippen molar-refractivity contribution in [2.24, 2.45) is 5.73 Å². The Morgan fingerprint density at radius 1 is 1.36 bits per heavy atom. The summed E-state index contributed by atoms with van der Waals surface area (Å²) in [6.07, 6.45) is 1.07. The topological polar surface area (TPSA) is 29.3 Å². The van der Waals surface area contributed by atoms with E-state index in [4.69, 9.17) is 5.73 Å². The number of halogens is 1. The monoisotopic (exact) mass is 254 g/mol. The summed E-state index contributed by atoms with van der Waals surface area (Å²) >= 11 is 3.43. The van der Waals surface area contributed by atoms with Crippen molar-refractivity contribution in [2.45, 2.75) is 18.9 Å². The molecule has 1 unspecified atom stereocenters. The van der Waals surface area contributed by atoms with E-state index in [2.05, 4.69) is 52.0 Å². The summed E-state index contributed by atoms with van der Waals surface area (Å²) in [5, 5.41) is 0. The van der Waals surface area contributed by atoms with Crippen molar-refractivity contribution in [1.29, 1.82) is 0 Å². The maximum Gasteiger partial charge on any atom is 0.0367 e. The molecule has 2 rings (SSSR count). The molecule has 1 aromatic carbocycles. The Morgan fingerprint density at radius 2 is 2.00 bits per heavy atom. The first-order valence-corrected chi connectivity index (χ1v) is 5.66. The summed E-state index contributed by atoms with van der Waals surface area (Å²) in [5.74, 6) is 0. The molecule has 14 heavy (non-hydrogen) atoms. The Bertz CT molecular complexity index is 319. The van der Waals surface area contributed by atoms with E-state index in [1.165, 1.54) is 5.69 Å². The zero-order valence-corrected chi connectivity index (χ0v) is 9.92. The van der Waals surface area contributed by atoms with Crippen molar-refractivity contribution in [2.75, 3.05) is 18.0 Å². The minimum Gasteiger partial charge on any atom is -0.370 e. The molecule has 1 aromatic rings. The fraction of sp³-hybridized carbons (Fsp3) is 0.455. The predicted molar refractivity (Wildman–Crippen MR) is 63.6 cm³/mol. The van der Waals surface area contributed by atoms with Crippen molar-refractivity contribution in [3.05, 3.63) is 28.7 Å². The van der Waals surface area contributed by atoms with E-state index < -0.39 is 0 Å². The number of benzene rings is 1. The highest BCUT2D eigenvalue weighted by atomic mass is 79.9. The van der Waals surface area contributed by atoms with Gasteiger partial charge in [-0.15, -0.1) is 0 Å². The largest absolute Gasteiger partial charge is 0.370 e. The molecule has 0 spiro atoms. The Morgan fingerprint density at radius 3 is 2.50 bits per heavy atom. The Kier molecular flexibility index (Phi) is 2.54. The normalized spacial score (nSPS) is 26.9. The van der Waals surface area contributed by atoms with E-state index in [0.29, 0.717) is 0 Å². The van der Waals surface area contributed by atoms with E-state index in [0.717, 1.165) is 24.0 Å². The van der Waals surface area contributed by atoms with Gasteiger partial charge in [0.25, 0.3) is 0 Å². The van der Waals surface area contributed by atoms with Crippen LogP contribution in [0.5, 0.6) is 0 Å². The van der Waals surface area contributed by atoms with E-state index in [9.17, 15) is 0 Å². The van der Waals surface area contributed by atoms with Crippen LogP contribution in [-0.2, 0) is 0 Å². The van der Waals surface area contributed by atoms with Gasteiger partial charge in [0.15, 0.2) is 0 Å². The van der Waals surface area contributed by atoms with E-state index in [-0.39, 0.29) is 5.54 Å². The van der Waals surface area contributed by atoms with Gasteiger partial charge in [0, 0.05) is 28.8 Å². The lowest BCUT2D eigenvalue weighted by atomic mass is 10.0. The Balaban J connectivity index is 2.14. The molecule has 1 fully saturated rings. The van der Waals surface area contributed by atoms with Crippen LogP contribution >= 0.6 is 15.9 Å². The molecular formula is C11H15BrN2. The molecule has 0 bridgehead atoms. The van der Waals surface area contributed by atoms with Crippen molar-refractivity contribution in [1.82, 2.24) is 0 Å². The maximum absolute atomic E-state index is 6.08. The molecule has 1 aliphatic heterocycles. The number of rotatable bonds is 1. The van der Waals surface area contributed by atoms with Crippen LogP contribution in [0.25, 0.3) is 0 Å². The summed E-state index contributed by atoms with van der Waals surface area (Å²) in [7, 11) is 0. The first-order chi connectivity index (χ1) is 6.57. The molecule has 0 aromatic heterocycles. The highest BCUT2D eigenvalue weighted by molar-refractivity contribution is 9.10. The molecule has 76 valence electrons. The van der Waals surface area contributed by atoms with Crippen LogP contribution in [-0.4, -0.2) is 18.6 Å². The SMILES string of the molecule is CC1(N)CCN(c2ccc(Br)cc2)C1. The van der Waals surface area contributed by atoms with Crippen molar-refractivity contribution < 1.29 is 0 Å². The van der Waals surface area contributed by atoms with Gasteiger partial charge in [-0.25, -0.2) is 0 Å². The highest BCUT2D eigenvalue weighted by Gasteiger charge is 2.29. The second-order valence-electron chi connectivity index (χ2n) is 4.30. The van der Waals surface area contributed by atoms with Crippen LogP contribution in [0.4, 0.5) is 5.69 Å². The predicted octanol–water partition coefficient (Wildman–Crippen LogP) is 2.38. The molecule has 0 aliphatic carbocycles. The Labute approximate surface area is 93.2 Å². The van der Waals surface area contributed by atoms with Crippen LogP contribution in [0.1, 0.15) is 13.3 Å². The van der Waals surface area contributed by atoms with Gasteiger partial charge in [-0.05, 0) is 37.6 Å². The number of nitrogens with zero attached hydrogens (tertiary/aromatic N) is 1. The molecule has 1 aliphatic rings. The quantitative estimate of drug-likeness (QED) is 0.834. The molecule has 2 nitrogen and oxygen atoms in total. The molecule has 2 N–H and O–H groups in total. The molecule has 1 atom stereocenters. The minimum absolute atomic E-state index is 0.0208. The van der Waals surface area contributed by atoms with E-state index in [1.54, 1.807) is 0 Å². The third kappa shape index (κ3) is 2.10. The Hall–Kier alpha value is -0.540. The zero-order chi connectivity index (χ0) is 10.2. The minimum atomic E-state index is -0.0208. The van der Waals surface area contributed by atoms with Gasteiger partial charge in [-0.2, -0.15) is 0 Å². The van der Waals surface area contributed by atoms with Gasteiger partial charge in [0.1, 0.15) is 0 Å². The second kappa shape index (κ2) is 3.55. The van der Waals surface area contributed by atoms with Crippen LogP contribution < -0.4 is 10.6 Å². The first-order valence-electron chi connectivity index (χ1n) is 4.86. The van der Waals surface area contributed by atoms with Crippen molar-refractivity contribution in [3.63, 3.8) is 0 Å². The standard InChI is InChI=1S/C11H15BrN2/c1-11(13)6-7-14(8-11)10-4-2-9(12)3-5-10/h2-5H,6-8,13H2,1H3. The number of anilines is 1. The highest BCUT2D eigenvalue weighted by Crippen LogP contribution is 2.25. The van der Waals surface area contributed by atoms with Crippen LogP contribution in [0, 0.1) is 0 Å². The van der Waals surface area contributed by atoms with Gasteiger partial charge in [0.2, 0.25) is 0 Å². The van der Waals surface area contributed by atoms with Gasteiger partial charge in [-0.1, -0.05) is 15.9 Å². The van der Waals surface area contributed by atoms with Gasteiger partial charge >= 0.3 is 0 Å². The average molecular weight is 255 g/mol. The van der Waals surface area contributed by atoms with Gasteiger partial charge in [-0.3, -0.25) is 0 Å². The molecule has 0 radical (unpaired) electrons. The lowest BCUT2D eigenvalue weighted by Crippen LogP contribution is -2.39. The van der Waals surface area contributed by atoms with Gasteiger partial charge < -0.3 is 10.6 Å². The summed E-state index contributed by atoms with van der Waals surface area (Å²) in [6.45, 7) is 4.13. The van der Waals surface area contributed by atoms with E-state index in [1.807, 2.05) is 0 Å². The molecule has 1 saturated heterocycles. The summed E-state index contributed by atoms with van der Waals surface area (Å²) in [4.78, 5) is 2.34. The fourth-order valence-corrected chi connectivity index (χ4v) is 2.12. The van der Waals surface area contributed by atoms with Crippen molar-refractivity contribution >= 4 is 21.6 Å². The average Bonchev–Trinajstić information content (AvgIpc) is 2.47. The lowest BCUT2D eigenvalue weighted by Gasteiger charge is -2.21. The first kappa shape index (κ1) is 9.99. The summed E-state index contributed by atoms with van der Waals surface area (Å²) < 4.78 is 1.12. The molecule has 0 amide bonds. The van der Waals surface area contributed by atoms with Crippen molar-refractivity contribution in [3.8, 4) is 0 Å².